The first-order chi connectivity index (χ1) is 15.4. The molecule has 1 fully saturated rings. The summed E-state index contributed by atoms with van der Waals surface area (Å²) in [6, 6.07) is 20.9. The maximum Gasteiger partial charge on any atom is 0.262 e. The largest absolute Gasteiger partial charge is 0.378 e. The Balaban J connectivity index is 1.49. The van der Waals surface area contributed by atoms with Crippen LogP contribution in [-0.4, -0.2) is 40.6 Å². The summed E-state index contributed by atoms with van der Waals surface area (Å²) in [5.41, 5.74) is 2.99. The second-order valence-electron chi connectivity index (χ2n) is 7.55. The van der Waals surface area contributed by atoms with Crippen LogP contribution in [0.1, 0.15) is 15.9 Å². The minimum Gasteiger partial charge on any atom is -0.378 e. The first-order valence-corrected chi connectivity index (χ1v) is 11.8. The highest BCUT2D eigenvalue weighted by Crippen LogP contribution is 2.23. The first-order valence-electron chi connectivity index (χ1n) is 10.3. The molecular formula is C24H25N3O4S. The summed E-state index contributed by atoms with van der Waals surface area (Å²) in [5, 5.41) is 2.84. The molecule has 8 heteroatoms. The smallest absolute Gasteiger partial charge is 0.262 e. The minimum absolute atomic E-state index is 0.0664. The van der Waals surface area contributed by atoms with Crippen molar-refractivity contribution in [1.82, 2.24) is 0 Å². The van der Waals surface area contributed by atoms with Gasteiger partial charge < -0.3 is 15.0 Å². The fourth-order valence-electron chi connectivity index (χ4n) is 3.53. The number of amides is 1. The second kappa shape index (κ2) is 9.42. The van der Waals surface area contributed by atoms with Crippen molar-refractivity contribution in [1.29, 1.82) is 0 Å². The summed E-state index contributed by atoms with van der Waals surface area (Å²) in [6.07, 6.45) is 0. The van der Waals surface area contributed by atoms with E-state index in [4.69, 9.17) is 4.74 Å². The van der Waals surface area contributed by atoms with Crippen LogP contribution in [-0.2, 0) is 14.8 Å². The molecule has 3 aromatic rings. The number of para-hydroxylation sites is 1. The Bertz CT molecular complexity index is 1190. The predicted molar refractivity (Wildman–Crippen MR) is 126 cm³/mol. The molecule has 0 atom stereocenters. The van der Waals surface area contributed by atoms with E-state index in [1.54, 1.807) is 43.3 Å². The topological polar surface area (TPSA) is 87.7 Å². The summed E-state index contributed by atoms with van der Waals surface area (Å²) in [4.78, 5) is 15.1. The maximum atomic E-state index is 12.9. The number of hydrogen-bond acceptors (Lipinski definition) is 5. The molecule has 1 aliphatic heterocycles. The van der Waals surface area contributed by atoms with Crippen LogP contribution in [0, 0.1) is 6.92 Å². The zero-order valence-corrected chi connectivity index (χ0v) is 18.6. The number of carbonyl (C=O) groups is 1. The van der Waals surface area contributed by atoms with Gasteiger partial charge in [0.15, 0.2) is 0 Å². The zero-order valence-electron chi connectivity index (χ0n) is 17.7. The standard InChI is InChI=1S/C24H25N3O4S/c1-18-7-8-19(17-23(18)32(29,30)26-21-5-3-2-4-6-21)24(28)25-20-9-11-22(12-10-20)27-13-15-31-16-14-27/h2-12,17,26H,13-16H2,1H3,(H,25,28). The lowest BCUT2D eigenvalue weighted by Gasteiger charge is -2.28. The SMILES string of the molecule is Cc1ccc(C(=O)Nc2ccc(N3CCOCC3)cc2)cc1S(=O)(=O)Nc1ccccc1. The Hall–Kier alpha value is -3.36. The van der Waals surface area contributed by atoms with E-state index in [9.17, 15) is 13.2 Å². The minimum atomic E-state index is -3.84. The fraction of sp³-hybridized carbons (Fsp3) is 0.208. The van der Waals surface area contributed by atoms with Crippen molar-refractivity contribution >= 4 is 33.0 Å². The molecule has 0 aromatic heterocycles. The summed E-state index contributed by atoms with van der Waals surface area (Å²) < 4.78 is 33.7. The lowest BCUT2D eigenvalue weighted by Crippen LogP contribution is -2.36. The van der Waals surface area contributed by atoms with E-state index in [1.807, 2.05) is 30.3 Å². The van der Waals surface area contributed by atoms with Gasteiger partial charge in [0.1, 0.15) is 0 Å². The van der Waals surface area contributed by atoms with Crippen LogP contribution >= 0.6 is 0 Å². The first kappa shape index (κ1) is 21.9. The van der Waals surface area contributed by atoms with Crippen molar-refractivity contribution in [3.05, 3.63) is 83.9 Å². The van der Waals surface area contributed by atoms with Crippen LogP contribution in [0.5, 0.6) is 0 Å². The molecule has 0 aliphatic carbocycles. The van der Waals surface area contributed by atoms with E-state index in [1.165, 1.54) is 6.07 Å². The molecule has 0 saturated carbocycles. The van der Waals surface area contributed by atoms with Crippen molar-refractivity contribution in [3.63, 3.8) is 0 Å². The number of aryl methyl sites for hydroxylation is 1. The number of hydrogen-bond donors (Lipinski definition) is 2. The predicted octanol–water partition coefficient (Wildman–Crippen LogP) is 3.88. The van der Waals surface area contributed by atoms with Gasteiger partial charge in [-0.25, -0.2) is 8.42 Å². The third kappa shape index (κ3) is 5.09. The summed E-state index contributed by atoms with van der Waals surface area (Å²) in [5.74, 6) is -0.375. The van der Waals surface area contributed by atoms with Crippen LogP contribution in [0.2, 0.25) is 0 Å². The van der Waals surface area contributed by atoms with E-state index < -0.39 is 10.0 Å². The molecule has 0 bridgehead atoms. The lowest BCUT2D eigenvalue weighted by molar-refractivity contribution is 0.102. The van der Waals surface area contributed by atoms with Crippen molar-refractivity contribution in [2.75, 3.05) is 41.2 Å². The highest BCUT2D eigenvalue weighted by Gasteiger charge is 2.19. The molecule has 7 nitrogen and oxygen atoms in total. The molecule has 1 amide bonds. The number of sulfonamides is 1. The van der Waals surface area contributed by atoms with Crippen LogP contribution in [0.25, 0.3) is 0 Å². The molecule has 166 valence electrons. The Kier molecular flexibility index (Phi) is 6.43. The zero-order chi connectivity index (χ0) is 22.6. The molecule has 1 saturated heterocycles. The normalized spacial score (nSPS) is 14.1. The summed E-state index contributed by atoms with van der Waals surface area (Å²) in [6.45, 7) is 4.78. The van der Waals surface area contributed by atoms with Crippen LogP contribution < -0.4 is 14.9 Å². The van der Waals surface area contributed by atoms with E-state index in [2.05, 4.69) is 14.9 Å². The summed E-state index contributed by atoms with van der Waals surface area (Å²) >= 11 is 0. The van der Waals surface area contributed by atoms with E-state index in [-0.39, 0.29) is 16.4 Å². The molecule has 3 aromatic carbocycles. The number of benzene rings is 3. The van der Waals surface area contributed by atoms with Gasteiger partial charge in [-0.15, -0.1) is 0 Å². The van der Waals surface area contributed by atoms with Crippen molar-refractivity contribution in [3.8, 4) is 0 Å². The van der Waals surface area contributed by atoms with Gasteiger partial charge in [0.2, 0.25) is 0 Å². The second-order valence-corrected chi connectivity index (χ2v) is 9.20. The molecule has 4 rings (SSSR count). The van der Waals surface area contributed by atoms with Gasteiger partial charge in [-0.3, -0.25) is 9.52 Å². The average molecular weight is 452 g/mol. The van der Waals surface area contributed by atoms with E-state index >= 15 is 0 Å². The average Bonchev–Trinajstić information content (AvgIpc) is 2.80. The van der Waals surface area contributed by atoms with Gasteiger partial charge >= 0.3 is 0 Å². The number of rotatable bonds is 6. The Labute approximate surface area is 188 Å². The Morgan fingerprint density at radius 3 is 2.28 bits per heavy atom. The van der Waals surface area contributed by atoms with Gasteiger partial charge in [-0.2, -0.15) is 0 Å². The number of nitrogens with one attached hydrogen (secondary N) is 2. The fourth-order valence-corrected chi connectivity index (χ4v) is 4.86. The monoisotopic (exact) mass is 451 g/mol. The van der Waals surface area contributed by atoms with Gasteiger partial charge in [0.05, 0.1) is 18.1 Å². The molecule has 1 aliphatic rings. The van der Waals surface area contributed by atoms with E-state index in [0.29, 0.717) is 30.2 Å². The van der Waals surface area contributed by atoms with Crippen molar-refractivity contribution < 1.29 is 17.9 Å². The molecule has 0 radical (unpaired) electrons. The highest BCUT2D eigenvalue weighted by molar-refractivity contribution is 7.92. The van der Waals surface area contributed by atoms with Crippen LogP contribution in [0.3, 0.4) is 0 Å². The number of carbonyl (C=O) groups excluding carboxylic acids is 1. The van der Waals surface area contributed by atoms with Gasteiger partial charge in [-0.05, 0) is 61.0 Å². The van der Waals surface area contributed by atoms with Crippen molar-refractivity contribution in [2.24, 2.45) is 0 Å². The molecular weight excluding hydrogens is 426 g/mol. The van der Waals surface area contributed by atoms with Crippen LogP contribution in [0.4, 0.5) is 17.1 Å². The quantitative estimate of drug-likeness (QED) is 0.594. The molecule has 32 heavy (non-hydrogen) atoms. The molecule has 1 heterocycles. The molecule has 2 N–H and O–H groups in total. The number of morpholine rings is 1. The van der Waals surface area contributed by atoms with Crippen molar-refractivity contribution in [2.45, 2.75) is 11.8 Å². The number of anilines is 3. The van der Waals surface area contributed by atoms with Gasteiger partial charge in [-0.1, -0.05) is 24.3 Å². The summed E-state index contributed by atoms with van der Waals surface area (Å²) in [7, 11) is -3.84. The number of ether oxygens (including phenoxy) is 1. The molecule has 0 spiro atoms. The maximum absolute atomic E-state index is 12.9. The van der Waals surface area contributed by atoms with Gasteiger partial charge in [0.25, 0.3) is 15.9 Å². The number of nitrogens with zero attached hydrogens (tertiary/aromatic N) is 1. The van der Waals surface area contributed by atoms with Crippen LogP contribution in [0.15, 0.2) is 77.7 Å². The molecule has 0 unspecified atom stereocenters. The third-order valence-corrected chi connectivity index (χ3v) is 6.79. The third-order valence-electron chi connectivity index (χ3n) is 5.27. The Morgan fingerprint density at radius 2 is 1.59 bits per heavy atom. The highest BCUT2D eigenvalue weighted by atomic mass is 32.2. The van der Waals surface area contributed by atoms with E-state index in [0.717, 1.165) is 18.8 Å². The Morgan fingerprint density at radius 1 is 0.906 bits per heavy atom. The van der Waals surface area contributed by atoms with Gasteiger partial charge in [0, 0.05) is 35.7 Å². The lowest BCUT2D eigenvalue weighted by atomic mass is 10.1.